The van der Waals surface area contributed by atoms with Crippen molar-refractivity contribution in [2.45, 2.75) is 5.60 Å². The Balaban J connectivity index is 1.59. The summed E-state index contributed by atoms with van der Waals surface area (Å²) in [5.41, 5.74) is 4.34. The summed E-state index contributed by atoms with van der Waals surface area (Å²) < 4.78 is 12.8. The molecule has 0 spiro atoms. The Morgan fingerprint density at radius 1 is 0.586 bits per heavy atom. The molecule has 6 rings (SSSR count). The lowest BCUT2D eigenvalue weighted by Gasteiger charge is -2.36. The molecule has 5 aromatic rings. The molecule has 0 aliphatic carbocycles. The fourth-order valence-corrected chi connectivity index (χ4v) is 4.25. The monoisotopic (exact) mass is 374 g/mol. The summed E-state index contributed by atoms with van der Waals surface area (Å²) in [6.45, 7) is 0. The van der Waals surface area contributed by atoms with Crippen molar-refractivity contribution in [2.24, 2.45) is 0 Å². The average molecular weight is 374 g/mol. The second-order valence-electron chi connectivity index (χ2n) is 7.39. The summed E-state index contributed by atoms with van der Waals surface area (Å²) >= 11 is 0. The quantitative estimate of drug-likeness (QED) is 0.334. The van der Waals surface area contributed by atoms with Gasteiger partial charge in [0.1, 0.15) is 16.9 Å². The third-order valence-electron chi connectivity index (χ3n) is 5.68. The summed E-state index contributed by atoms with van der Waals surface area (Å²) in [5.74, 6) is 0.860. The van der Waals surface area contributed by atoms with Gasteiger partial charge in [-0.3, -0.25) is 0 Å². The van der Waals surface area contributed by atoms with E-state index in [1.807, 2.05) is 30.3 Å². The van der Waals surface area contributed by atoms with Crippen LogP contribution in [0.15, 0.2) is 108 Å². The highest BCUT2D eigenvalue weighted by Gasteiger charge is 2.37. The second-order valence-corrected chi connectivity index (χ2v) is 7.39. The molecular weight excluding hydrogens is 356 g/mol. The van der Waals surface area contributed by atoms with Crippen molar-refractivity contribution >= 4 is 28.0 Å². The summed E-state index contributed by atoms with van der Waals surface area (Å²) in [5, 5.41) is 2.18. The van der Waals surface area contributed by atoms with Crippen LogP contribution in [0.3, 0.4) is 0 Å². The van der Waals surface area contributed by atoms with Gasteiger partial charge in [0.2, 0.25) is 0 Å². The van der Waals surface area contributed by atoms with Crippen molar-refractivity contribution in [1.82, 2.24) is 0 Å². The molecule has 138 valence electrons. The van der Waals surface area contributed by atoms with E-state index in [-0.39, 0.29) is 0 Å². The fourth-order valence-electron chi connectivity index (χ4n) is 4.25. The van der Waals surface area contributed by atoms with Gasteiger partial charge in [0, 0.05) is 27.5 Å². The van der Waals surface area contributed by atoms with Gasteiger partial charge in [0.15, 0.2) is 5.60 Å². The smallest absolute Gasteiger partial charge is 0.178 e. The third-order valence-corrected chi connectivity index (χ3v) is 5.68. The molecule has 0 saturated heterocycles. The number of para-hydroxylation sites is 1. The number of hydrogen-bond donors (Lipinski definition) is 0. The fraction of sp³-hybridized carbons (Fsp3) is 0.0370. The van der Waals surface area contributed by atoms with E-state index in [2.05, 4.69) is 78.9 Å². The Kier molecular flexibility index (Phi) is 3.41. The standard InChI is InChI=1S/C27H18O2/c1-3-9-20(10-4-1)27(21-11-5-2-6-12-21)16-15-19-17-26-23(18-25(19)29-27)22-13-7-8-14-24(22)28-26/h1-18H. The van der Waals surface area contributed by atoms with Crippen LogP contribution >= 0.6 is 0 Å². The topological polar surface area (TPSA) is 22.4 Å². The molecule has 29 heavy (non-hydrogen) atoms. The number of furan rings is 1. The SMILES string of the molecule is C1=CC(c2ccccc2)(c2ccccc2)Oc2cc3c(cc21)oc1ccccc13. The lowest BCUT2D eigenvalue weighted by molar-refractivity contribution is 0.161. The predicted molar refractivity (Wildman–Crippen MR) is 117 cm³/mol. The van der Waals surface area contributed by atoms with Crippen LogP contribution < -0.4 is 4.74 Å². The first kappa shape index (κ1) is 16.2. The van der Waals surface area contributed by atoms with Crippen LogP contribution in [-0.2, 0) is 5.60 Å². The number of fused-ring (bicyclic) bond motifs is 4. The van der Waals surface area contributed by atoms with Crippen molar-refractivity contribution in [1.29, 1.82) is 0 Å². The van der Waals surface area contributed by atoms with Crippen LogP contribution in [0.4, 0.5) is 0 Å². The van der Waals surface area contributed by atoms with E-state index >= 15 is 0 Å². The molecule has 2 heteroatoms. The summed E-state index contributed by atoms with van der Waals surface area (Å²) in [7, 11) is 0. The number of ether oxygens (including phenoxy) is 1. The maximum absolute atomic E-state index is 6.79. The second kappa shape index (κ2) is 6.11. The normalized spacial score (nSPS) is 14.6. The summed E-state index contributed by atoms with van der Waals surface area (Å²) in [6.07, 6.45) is 4.29. The van der Waals surface area contributed by atoms with Crippen LogP contribution in [0.1, 0.15) is 16.7 Å². The van der Waals surface area contributed by atoms with Gasteiger partial charge in [-0.15, -0.1) is 0 Å². The minimum atomic E-state index is -0.664. The Bertz CT molecular complexity index is 1320. The minimum Gasteiger partial charge on any atom is -0.473 e. The molecule has 0 N–H and O–H groups in total. The van der Waals surface area contributed by atoms with Crippen molar-refractivity contribution < 1.29 is 9.15 Å². The molecule has 2 heterocycles. The molecule has 0 atom stereocenters. The van der Waals surface area contributed by atoms with Gasteiger partial charge in [0.25, 0.3) is 0 Å². The van der Waals surface area contributed by atoms with Gasteiger partial charge in [-0.25, -0.2) is 0 Å². The highest BCUT2D eigenvalue weighted by atomic mass is 16.5. The maximum atomic E-state index is 6.79. The molecule has 1 aromatic heterocycles. The minimum absolute atomic E-state index is 0.664. The molecule has 1 aliphatic heterocycles. The number of rotatable bonds is 2. The summed E-state index contributed by atoms with van der Waals surface area (Å²) in [4.78, 5) is 0. The molecule has 1 aliphatic rings. The molecule has 4 aromatic carbocycles. The van der Waals surface area contributed by atoms with Crippen molar-refractivity contribution in [2.75, 3.05) is 0 Å². The van der Waals surface area contributed by atoms with Gasteiger partial charge in [-0.05, 0) is 24.3 Å². The molecule has 0 unspecified atom stereocenters. The molecule has 0 bridgehead atoms. The molecule has 2 nitrogen and oxygen atoms in total. The Labute approximate surface area is 168 Å². The van der Waals surface area contributed by atoms with Crippen LogP contribution in [0.2, 0.25) is 0 Å². The zero-order valence-corrected chi connectivity index (χ0v) is 15.7. The molecule has 0 saturated carbocycles. The van der Waals surface area contributed by atoms with E-state index in [1.165, 1.54) is 0 Å². The molecule has 0 radical (unpaired) electrons. The molecule has 0 amide bonds. The van der Waals surface area contributed by atoms with Gasteiger partial charge < -0.3 is 9.15 Å². The van der Waals surface area contributed by atoms with Crippen LogP contribution in [0, 0.1) is 0 Å². The first-order valence-electron chi connectivity index (χ1n) is 9.78. The van der Waals surface area contributed by atoms with Gasteiger partial charge >= 0.3 is 0 Å². The zero-order valence-electron chi connectivity index (χ0n) is 15.7. The van der Waals surface area contributed by atoms with Crippen molar-refractivity contribution in [3.8, 4) is 5.75 Å². The van der Waals surface area contributed by atoms with E-state index < -0.39 is 5.60 Å². The van der Waals surface area contributed by atoms with Crippen LogP contribution in [0.25, 0.3) is 28.0 Å². The first-order valence-corrected chi connectivity index (χ1v) is 9.78. The number of hydrogen-bond acceptors (Lipinski definition) is 2. The lowest BCUT2D eigenvalue weighted by Crippen LogP contribution is -2.34. The Morgan fingerprint density at radius 3 is 1.97 bits per heavy atom. The van der Waals surface area contributed by atoms with Crippen molar-refractivity contribution in [3.05, 3.63) is 120 Å². The summed E-state index contributed by atoms with van der Waals surface area (Å²) in [6, 6.07) is 33.1. The maximum Gasteiger partial charge on any atom is 0.178 e. The highest BCUT2D eigenvalue weighted by molar-refractivity contribution is 6.06. The first-order chi connectivity index (χ1) is 14.3. The van der Waals surface area contributed by atoms with Crippen LogP contribution in [0.5, 0.6) is 5.75 Å². The Hall–Kier alpha value is -3.78. The van der Waals surface area contributed by atoms with E-state index in [9.17, 15) is 0 Å². The molecule has 0 fully saturated rings. The van der Waals surface area contributed by atoms with E-state index in [0.29, 0.717) is 0 Å². The zero-order chi connectivity index (χ0) is 19.3. The third kappa shape index (κ3) is 2.43. The van der Waals surface area contributed by atoms with E-state index in [0.717, 1.165) is 44.4 Å². The van der Waals surface area contributed by atoms with Gasteiger partial charge in [0.05, 0.1) is 0 Å². The predicted octanol–water partition coefficient (Wildman–Crippen LogP) is 6.94. The van der Waals surface area contributed by atoms with E-state index in [1.54, 1.807) is 0 Å². The van der Waals surface area contributed by atoms with E-state index in [4.69, 9.17) is 9.15 Å². The lowest BCUT2D eigenvalue weighted by atomic mass is 9.83. The van der Waals surface area contributed by atoms with Gasteiger partial charge in [-0.1, -0.05) is 84.9 Å². The molecular formula is C27H18O2. The number of benzene rings is 4. The Morgan fingerprint density at radius 2 is 1.24 bits per heavy atom. The largest absolute Gasteiger partial charge is 0.473 e. The van der Waals surface area contributed by atoms with Gasteiger partial charge in [-0.2, -0.15) is 0 Å². The van der Waals surface area contributed by atoms with Crippen molar-refractivity contribution in [3.63, 3.8) is 0 Å². The highest BCUT2D eigenvalue weighted by Crippen LogP contribution is 2.44. The van der Waals surface area contributed by atoms with Crippen LogP contribution in [-0.4, -0.2) is 0 Å². The average Bonchev–Trinajstić information content (AvgIpc) is 3.16.